The second-order valence-corrected chi connectivity index (χ2v) is 10.0. The van der Waals surface area contributed by atoms with Crippen molar-refractivity contribution < 1.29 is 48.2 Å². The number of aliphatic hydroxyl groups excluding tert-OH is 3. The molecule has 3 aromatic rings. The molecule has 2 aromatic carbocycles. The van der Waals surface area contributed by atoms with Crippen LogP contribution < -0.4 is 9.47 Å². The highest BCUT2D eigenvalue weighted by Crippen LogP contribution is 2.31. The number of carbonyl (C=O) groups is 1. The van der Waals surface area contributed by atoms with Gasteiger partial charge in [0, 0.05) is 29.8 Å². The summed E-state index contributed by atoms with van der Waals surface area (Å²) in [5.41, 5.74) is 2.36. The standard InChI is InChI=1S/C29H35FN2O9/c1-16(2)32-17(3)21(12-19-10-11-20(37-4)13-22(19)30)27(31-32)41-28-26(35)25(34)24(33)23(40-28)15-39-29(36)38-14-18-8-6-5-7-9-18/h5-11,13,16,23-26,28,33-35H,12,14-15H2,1-4H3/t23-,24-,25+,26-,28+/m1/s1. The van der Waals surface area contributed by atoms with Crippen LogP contribution in [0.5, 0.6) is 11.6 Å². The molecule has 0 amide bonds. The molecule has 1 aliphatic rings. The Bertz CT molecular complexity index is 1320. The average molecular weight is 575 g/mol. The molecule has 41 heavy (non-hydrogen) atoms. The van der Waals surface area contributed by atoms with E-state index in [9.17, 15) is 24.5 Å². The van der Waals surface area contributed by atoms with Gasteiger partial charge in [-0.3, -0.25) is 4.68 Å². The van der Waals surface area contributed by atoms with Crippen LogP contribution in [-0.2, 0) is 27.2 Å². The fourth-order valence-corrected chi connectivity index (χ4v) is 4.49. The lowest BCUT2D eigenvalue weighted by Crippen LogP contribution is -2.60. The molecule has 0 spiro atoms. The highest BCUT2D eigenvalue weighted by Gasteiger charge is 2.46. The maximum absolute atomic E-state index is 14.8. The van der Waals surface area contributed by atoms with Gasteiger partial charge in [-0.15, -0.1) is 5.10 Å². The van der Waals surface area contributed by atoms with Crippen molar-refractivity contribution in [3.05, 3.63) is 76.7 Å². The van der Waals surface area contributed by atoms with E-state index in [1.807, 2.05) is 26.8 Å². The van der Waals surface area contributed by atoms with E-state index in [1.54, 1.807) is 41.1 Å². The van der Waals surface area contributed by atoms with Crippen molar-refractivity contribution in [3.8, 4) is 11.6 Å². The number of methoxy groups -OCH3 is 1. The molecule has 1 fully saturated rings. The molecule has 0 saturated carbocycles. The van der Waals surface area contributed by atoms with E-state index in [0.717, 1.165) is 5.56 Å². The van der Waals surface area contributed by atoms with Crippen molar-refractivity contribution in [1.82, 2.24) is 9.78 Å². The number of aromatic nitrogens is 2. The van der Waals surface area contributed by atoms with Crippen molar-refractivity contribution in [1.29, 1.82) is 0 Å². The highest BCUT2D eigenvalue weighted by molar-refractivity contribution is 5.59. The third-order valence-electron chi connectivity index (χ3n) is 6.81. The van der Waals surface area contributed by atoms with Crippen LogP contribution in [0, 0.1) is 12.7 Å². The third-order valence-corrected chi connectivity index (χ3v) is 6.81. The van der Waals surface area contributed by atoms with Crippen LogP contribution in [0.15, 0.2) is 48.5 Å². The zero-order chi connectivity index (χ0) is 29.7. The van der Waals surface area contributed by atoms with E-state index in [2.05, 4.69) is 5.10 Å². The summed E-state index contributed by atoms with van der Waals surface area (Å²) >= 11 is 0. The fraction of sp³-hybridized carbons (Fsp3) is 0.448. The number of hydrogen-bond acceptors (Lipinski definition) is 10. The van der Waals surface area contributed by atoms with Gasteiger partial charge in [-0.2, -0.15) is 0 Å². The van der Waals surface area contributed by atoms with Crippen molar-refractivity contribution in [2.75, 3.05) is 13.7 Å². The summed E-state index contributed by atoms with van der Waals surface area (Å²) in [7, 11) is 1.45. The lowest BCUT2D eigenvalue weighted by Gasteiger charge is -2.39. The first kappa shape index (κ1) is 30.3. The number of nitrogens with zero attached hydrogens (tertiary/aromatic N) is 2. The third kappa shape index (κ3) is 7.14. The smallest absolute Gasteiger partial charge is 0.497 e. The van der Waals surface area contributed by atoms with Gasteiger partial charge in [0.2, 0.25) is 12.2 Å². The van der Waals surface area contributed by atoms with Crippen molar-refractivity contribution in [2.45, 2.75) is 70.5 Å². The predicted octanol–water partition coefficient (Wildman–Crippen LogP) is 3.05. The molecule has 1 saturated heterocycles. The van der Waals surface area contributed by atoms with Crippen LogP contribution in [0.3, 0.4) is 0 Å². The zero-order valence-electron chi connectivity index (χ0n) is 23.3. The second kappa shape index (κ2) is 13.3. The van der Waals surface area contributed by atoms with Gasteiger partial charge in [0.1, 0.15) is 49.2 Å². The van der Waals surface area contributed by atoms with Crippen LogP contribution in [0.25, 0.3) is 0 Å². The summed E-state index contributed by atoms with van der Waals surface area (Å²) in [6.45, 7) is 5.14. The lowest BCUT2D eigenvalue weighted by molar-refractivity contribution is -0.278. The summed E-state index contributed by atoms with van der Waals surface area (Å²) in [5.74, 6) is -0.0438. The van der Waals surface area contributed by atoms with Gasteiger partial charge in [0.05, 0.1) is 7.11 Å². The van der Waals surface area contributed by atoms with Crippen molar-refractivity contribution >= 4 is 6.16 Å². The Hall–Kier alpha value is -3.71. The summed E-state index contributed by atoms with van der Waals surface area (Å²) in [6.07, 6.45) is -8.57. The lowest BCUT2D eigenvalue weighted by atomic mass is 9.99. The van der Waals surface area contributed by atoms with Crippen LogP contribution in [0.2, 0.25) is 0 Å². The second-order valence-electron chi connectivity index (χ2n) is 10.0. The van der Waals surface area contributed by atoms with Gasteiger partial charge in [-0.25, -0.2) is 9.18 Å². The number of rotatable bonds is 10. The molecule has 12 heteroatoms. The molecule has 0 bridgehead atoms. The summed E-state index contributed by atoms with van der Waals surface area (Å²) < 4.78 is 43.4. The van der Waals surface area contributed by atoms with Gasteiger partial charge in [0.25, 0.3) is 0 Å². The minimum absolute atomic E-state index is 0.0176. The number of ether oxygens (including phenoxy) is 5. The Labute approximate surface area is 237 Å². The Balaban J connectivity index is 1.48. The molecule has 0 unspecified atom stereocenters. The molecule has 0 radical (unpaired) electrons. The molecule has 2 heterocycles. The van der Waals surface area contributed by atoms with E-state index in [-0.39, 0.29) is 24.9 Å². The summed E-state index contributed by atoms with van der Waals surface area (Å²) in [6, 6.07) is 13.4. The molecule has 3 N–H and O–H groups in total. The van der Waals surface area contributed by atoms with E-state index in [1.165, 1.54) is 13.2 Å². The Morgan fingerprint density at radius 1 is 1.07 bits per heavy atom. The molecule has 1 aliphatic heterocycles. The Morgan fingerprint density at radius 3 is 2.46 bits per heavy atom. The number of carbonyl (C=O) groups excluding carboxylic acids is 1. The Kier molecular flexibility index (Phi) is 9.81. The first-order valence-electron chi connectivity index (χ1n) is 13.2. The Morgan fingerprint density at radius 2 is 1.80 bits per heavy atom. The maximum Gasteiger partial charge on any atom is 0.508 e. The molecule has 11 nitrogen and oxygen atoms in total. The topological polar surface area (TPSA) is 142 Å². The SMILES string of the molecule is COc1ccc(Cc2c(O[C@@H]3O[C@H](COC(=O)OCc4ccccc4)[C@@H](O)[C@H](O)[C@H]3O)nn(C(C)C)c2C)c(F)c1. The molecule has 5 atom stereocenters. The van der Waals surface area contributed by atoms with Crippen LogP contribution in [0.1, 0.15) is 42.3 Å². The highest BCUT2D eigenvalue weighted by atomic mass is 19.1. The van der Waals surface area contributed by atoms with Gasteiger partial charge >= 0.3 is 6.16 Å². The van der Waals surface area contributed by atoms with Crippen molar-refractivity contribution in [3.63, 3.8) is 0 Å². The largest absolute Gasteiger partial charge is 0.508 e. The van der Waals surface area contributed by atoms with E-state index in [4.69, 9.17) is 23.7 Å². The summed E-state index contributed by atoms with van der Waals surface area (Å²) in [4.78, 5) is 12.1. The normalized spacial score (nSPS) is 22.4. The average Bonchev–Trinajstić information content (AvgIpc) is 3.27. The number of halogens is 1. The van der Waals surface area contributed by atoms with E-state index in [0.29, 0.717) is 22.6 Å². The first-order chi connectivity index (χ1) is 19.6. The van der Waals surface area contributed by atoms with Crippen LogP contribution >= 0.6 is 0 Å². The monoisotopic (exact) mass is 574 g/mol. The zero-order valence-corrected chi connectivity index (χ0v) is 23.3. The number of hydrogen-bond donors (Lipinski definition) is 3. The first-order valence-corrected chi connectivity index (χ1v) is 13.2. The van der Waals surface area contributed by atoms with Crippen LogP contribution in [-0.4, -0.2) is 75.7 Å². The fourth-order valence-electron chi connectivity index (χ4n) is 4.49. The van der Waals surface area contributed by atoms with Gasteiger partial charge < -0.3 is 39.0 Å². The van der Waals surface area contributed by atoms with E-state index < -0.39 is 49.3 Å². The van der Waals surface area contributed by atoms with Gasteiger partial charge in [-0.05, 0) is 38.0 Å². The molecule has 1 aromatic heterocycles. The van der Waals surface area contributed by atoms with Gasteiger partial charge in [-0.1, -0.05) is 36.4 Å². The predicted molar refractivity (Wildman–Crippen MR) is 143 cm³/mol. The molecule has 222 valence electrons. The molecular weight excluding hydrogens is 539 g/mol. The number of benzene rings is 2. The molecule has 4 rings (SSSR count). The number of aliphatic hydroxyl groups is 3. The molecule has 0 aliphatic carbocycles. The van der Waals surface area contributed by atoms with Crippen molar-refractivity contribution in [2.24, 2.45) is 0 Å². The van der Waals surface area contributed by atoms with E-state index >= 15 is 0 Å². The maximum atomic E-state index is 14.8. The summed E-state index contributed by atoms with van der Waals surface area (Å²) in [5, 5.41) is 36.1. The minimum atomic E-state index is -1.68. The van der Waals surface area contributed by atoms with Gasteiger partial charge in [0.15, 0.2) is 0 Å². The molecular formula is C29H35FN2O9. The quantitative estimate of drug-likeness (QED) is 0.309. The van der Waals surface area contributed by atoms with Crippen LogP contribution in [0.4, 0.5) is 9.18 Å². The minimum Gasteiger partial charge on any atom is -0.497 e.